The number of ether oxygens (including phenoxy) is 1. The van der Waals surface area contributed by atoms with Crippen LogP contribution in [0, 0.1) is 0 Å². The standard InChI is InChI=1S/C22H27ClN2O3/c1-3-7-20(26)25(16-17-10-12-19(23)13-11-17)21(18-8-5-4-6-9-18)22(27)24-14-15-28-2/h4-6,8-13,21H,3,7,14-16H2,1-2H3,(H,24,27)/t21-/m0/s1. The van der Waals surface area contributed by atoms with Gasteiger partial charge >= 0.3 is 0 Å². The fourth-order valence-electron chi connectivity index (χ4n) is 2.95. The summed E-state index contributed by atoms with van der Waals surface area (Å²) < 4.78 is 5.02. The highest BCUT2D eigenvalue weighted by Gasteiger charge is 2.30. The van der Waals surface area contributed by atoms with Gasteiger partial charge in [-0.05, 0) is 29.7 Å². The number of nitrogens with zero attached hydrogens (tertiary/aromatic N) is 1. The van der Waals surface area contributed by atoms with Crippen LogP contribution in [0.1, 0.15) is 36.9 Å². The van der Waals surface area contributed by atoms with Crippen molar-refractivity contribution in [1.82, 2.24) is 10.2 Å². The van der Waals surface area contributed by atoms with Crippen LogP contribution in [0.4, 0.5) is 0 Å². The molecule has 28 heavy (non-hydrogen) atoms. The number of carbonyl (C=O) groups is 2. The van der Waals surface area contributed by atoms with Crippen LogP contribution in [-0.4, -0.2) is 37.0 Å². The van der Waals surface area contributed by atoms with Crippen LogP contribution < -0.4 is 5.32 Å². The van der Waals surface area contributed by atoms with E-state index in [0.29, 0.717) is 37.6 Å². The summed E-state index contributed by atoms with van der Waals surface area (Å²) in [4.78, 5) is 27.6. The van der Waals surface area contributed by atoms with Gasteiger partial charge in [0.25, 0.3) is 0 Å². The number of methoxy groups -OCH3 is 1. The number of hydrogen-bond donors (Lipinski definition) is 1. The zero-order valence-electron chi connectivity index (χ0n) is 16.4. The molecular formula is C22H27ClN2O3. The molecule has 2 amide bonds. The van der Waals surface area contributed by atoms with Crippen molar-refractivity contribution in [3.8, 4) is 0 Å². The molecule has 0 bridgehead atoms. The van der Waals surface area contributed by atoms with Gasteiger partial charge in [0.15, 0.2) is 0 Å². The summed E-state index contributed by atoms with van der Waals surface area (Å²) in [7, 11) is 1.58. The van der Waals surface area contributed by atoms with Gasteiger partial charge in [0.05, 0.1) is 6.61 Å². The molecule has 2 aromatic rings. The molecule has 0 saturated heterocycles. The molecule has 0 aliphatic rings. The fourth-order valence-corrected chi connectivity index (χ4v) is 3.07. The Morgan fingerprint density at radius 2 is 1.79 bits per heavy atom. The molecule has 1 N–H and O–H groups in total. The highest BCUT2D eigenvalue weighted by molar-refractivity contribution is 6.30. The Hall–Kier alpha value is -2.37. The molecular weight excluding hydrogens is 376 g/mol. The van der Waals surface area contributed by atoms with Gasteiger partial charge < -0.3 is 15.0 Å². The molecule has 6 heteroatoms. The van der Waals surface area contributed by atoms with E-state index in [-0.39, 0.29) is 11.8 Å². The summed E-state index contributed by atoms with van der Waals surface area (Å²) in [6, 6.07) is 16.0. The van der Waals surface area contributed by atoms with Gasteiger partial charge in [-0.1, -0.05) is 61.0 Å². The van der Waals surface area contributed by atoms with E-state index < -0.39 is 6.04 Å². The molecule has 0 spiro atoms. The van der Waals surface area contributed by atoms with Gasteiger partial charge in [-0.25, -0.2) is 0 Å². The first-order chi connectivity index (χ1) is 13.6. The van der Waals surface area contributed by atoms with Crippen molar-refractivity contribution in [2.45, 2.75) is 32.4 Å². The lowest BCUT2D eigenvalue weighted by Gasteiger charge is -2.31. The van der Waals surface area contributed by atoms with Crippen LogP contribution in [0.5, 0.6) is 0 Å². The highest BCUT2D eigenvalue weighted by atomic mass is 35.5. The predicted molar refractivity (Wildman–Crippen MR) is 111 cm³/mol. The summed E-state index contributed by atoms with van der Waals surface area (Å²) in [6.07, 6.45) is 1.09. The van der Waals surface area contributed by atoms with Crippen molar-refractivity contribution < 1.29 is 14.3 Å². The smallest absolute Gasteiger partial charge is 0.247 e. The predicted octanol–water partition coefficient (Wildman–Crippen LogP) is 3.97. The summed E-state index contributed by atoms with van der Waals surface area (Å²) in [6.45, 7) is 3.07. The molecule has 1 atom stereocenters. The molecule has 150 valence electrons. The number of hydrogen-bond acceptors (Lipinski definition) is 3. The number of rotatable bonds is 10. The highest BCUT2D eigenvalue weighted by Crippen LogP contribution is 2.25. The molecule has 5 nitrogen and oxygen atoms in total. The summed E-state index contributed by atoms with van der Waals surface area (Å²) in [5.74, 6) is -0.283. The van der Waals surface area contributed by atoms with Crippen molar-refractivity contribution in [2.24, 2.45) is 0 Å². The van der Waals surface area contributed by atoms with E-state index in [4.69, 9.17) is 16.3 Å². The second-order valence-electron chi connectivity index (χ2n) is 6.50. The number of benzene rings is 2. The third kappa shape index (κ3) is 6.36. The lowest BCUT2D eigenvalue weighted by molar-refractivity contribution is -0.141. The maximum Gasteiger partial charge on any atom is 0.247 e. The van der Waals surface area contributed by atoms with Crippen LogP contribution in [0.25, 0.3) is 0 Å². The fraction of sp³-hybridized carbons (Fsp3) is 0.364. The minimum absolute atomic E-state index is 0.0619. The van der Waals surface area contributed by atoms with E-state index in [0.717, 1.165) is 11.1 Å². The Kier molecular flexibility index (Phi) is 8.98. The normalized spacial score (nSPS) is 11.7. The summed E-state index contributed by atoms with van der Waals surface area (Å²) in [5, 5.41) is 3.51. The van der Waals surface area contributed by atoms with E-state index in [1.807, 2.05) is 49.4 Å². The average molecular weight is 403 g/mol. The average Bonchev–Trinajstić information content (AvgIpc) is 2.70. The molecule has 0 heterocycles. The zero-order chi connectivity index (χ0) is 20.4. The molecule has 2 rings (SSSR count). The number of carbonyl (C=O) groups excluding carboxylic acids is 2. The number of halogens is 1. The lowest BCUT2D eigenvalue weighted by Crippen LogP contribution is -2.44. The van der Waals surface area contributed by atoms with Crippen LogP contribution in [-0.2, 0) is 20.9 Å². The Morgan fingerprint density at radius 1 is 1.11 bits per heavy atom. The summed E-state index contributed by atoms with van der Waals surface area (Å²) >= 11 is 5.98. The first-order valence-corrected chi connectivity index (χ1v) is 9.80. The van der Waals surface area contributed by atoms with Crippen molar-refractivity contribution in [3.63, 3.8) is 0 Å². The van der Waals surface area contributed by atoms with Gasteiger partial charge in [-0.3, -0.25) is 9.59 Å². The quantitative estimate of drug-likeness (QED) is 0.611. The topological polar surface area (TPSA) is 58.6 Å². The lowest BCUT2D eigenvalue weighted by atomic mass is 10.0. The molecule has 2 aromatic carbocycles. The van der Waals surface area contributed by atoms with Crippen molar-refractivity contribution in [3.05, 3.63) is 70.7 Å². The molecule has 0 fully saturated rings. The van der Waals surface area contributed by atoms with Crippen LogP contribution in [0.3, 0.4) is 0 Å². The maximum atomic E-state index is 13.0. The van der Waals surface area contributed by atoms with Crippen LogP contribution in [0.2, 0.25) is 5.02 Å². The molecule has 0 aromatic heterocycles. The Balaban J connectivity index is 2.36. The minimum atomic E-state index is -0.715. The second-order valence-corrected chi connectivity index (χ2v) is 6.93. The van der Waals surface area contributed by atoms with E-state index in [1.54, 1.807) is 24.1 Å². The van der Waals surface area contributed by atoms with Crippen molar-refractivity contribution in [2.75, 3.05) is 20.3 Å². The molecule has 0 radical (unpaired) electrons. The van der Waals surface area contributed by atoms with Gasteiger partial charge in [0.2, 0.25) is 11.8 Å². The van der Waals surface area contributed by atoms with Crippen molar-refractivity contribution >= 4 is 23.4 Å². The van der Waals surface area contributed by atoms with E-state index in [2.05, 4.69) is 5.32 Å². The molecule has 0 aliphatic carbocycles. The summed E-state index contributed by atoms with van der Waals surface area (Å²) in [5.41, 5.74) is 1.69. The van der Waals surface area contributed by atoms with E-state index in [9.17, 15) is 9.59 Å². The first-order valence-electron chi connectivity index (χ1n) is 9.42. The third-order valence-electron chi connectivity index (χ3n) is 4.33. The molecule has 0 saturated carbocycles. The van der Waals surface area contributed by atoms with Gasteiger partial charge in [-0.15, -0.1) is 0 Å². The van der Waals surface area contributed by atoms with E-state index in [1.165, 1.54) is 0 Å². The largest absolute Gasteiger partial charge is 0.383 e. The van der Waals surface area contributed by atoms with Gasteiger partial charge in [-0.2, -0.15) is 0 Å². The van der Waals surface area contributed by atoms with E-state index >= 15 is 0 Å². The molecule has 0 unspecified atom stereocenters. The number of amides is 2. The van der Waals surface area contributed by atoms with Crippen LogP contribution in [0.15, 0.2) is 54.6 Å². The Bertz CT molecular complexity index is 750. The Morgan fingerprint density at radius 3 is 2.39 bits per heavy atom. The maximum absolute atomic E-state index is 13.0. The first kappa shape index (κ1) is 21.9. The SMILES string of the molecule is CCCC(=O)N(Cc1ccc(Cl)cc1)[C@H](C(=O)NCCOC)c1ccccc1. The third-order valence-corrected chi connectivity index (χ3v) is 4.58. The molecule has 0 aliphatic heterocycles. The second kappa shape index (κ2) is 11.5. The van der Waals surface area contributed by atoms with Gasteiger partial charge in [0, 0.05) is 31.6 Å². The minimum Gasteiger partial charge on any atom is -0.383 e. The monoisotopic (exact) mass is 402 g/mol. The zero-order valence-corrected chi connectivity index (χ0v) is 17.1. The van der Waals surface area contributed by atoms with Gasteiger partial charge in [0.1, 0.15) is 6.04 Å². The van der Waals surface area contributed by atoms with Crippen LogP contribution >= 0.6 is 11.6 Å². The van der Waals surface area contributed by atoms with Crippen molar-refractivity contribution in [1.29, 1.82) is 0 Å². The Labute approximate surface area is 171 Å². The number of nitrogens with one attached hydrogen (secondary N) is 1.